The van der Waals surface area contributed by atoms with Gasteiger partial charge in [0.1, 0.15) is 5.75 Å². The molecule has 1 aromatic carbocycles. The van der Waals surface area contributed by atoms with Gasteiger partial charge in [-0.2, -0.15) is 0 Å². The highest BCUT2D eigenvalue weighted by Gasteiger charge is 2.25. The molecule has 23 heavy (non-hydrogen) atoms. The number of ether oxygens (including phenoxy) is 1. The van der Waals surface area contributed by atoms with Crippen LogP contribution in [0.4, 0.5) is 0 Å². The van der Waals surface area contributed by atoms with Gasteiger partial charge in [-0.3, -0.25) is 4.79 Å². The lowest BCUT2D eigenvalue weighted by atomic mass is 10.1. The normalized spacial score (nSPS) is 13.7. The van der Waals surface area contributed by atoms with E-state index in [4.69, 9.17) is 9.26 Å². The third-order valence-electron chi connectivity index (χ3n) is 4.21. The first-order valence-corrected chi connectivity index (χ1v) is 8.11. The van der Waals surface area contributed by atoms with Crippen LogP contribution in [0.1, 0.15) is 35.9 Å². The van der Waals surface area contributed by atoms with Gasteiger partial charge in [0.15, 0.2) is 12.4 Å². The molecule has 0 saturated carbocycles. The van der Waals surface area contributed by atoms with Crippen molar-refractivity contribution in [3.05, 3.63) is 46.8 Å². The summed E-state index contributed by atoms with van der Waals surface area (Å²) in [6.45, 7) is 5.31. The molecular formula is C18H22N2O3. The predicted molar refractivity (Wildman–Crippen MR) is 86.3 cm³/mol. The number of fused-ring (bicyclic) bond motifs is 1. The fourth-order valence-corrected chi connectivity index (χ4v) is 2.87. The molecule has 5 heteroatoms. The number of amides is 1. The van der Waals surface area contributed by atoms with Crippen LogP contribution in [0.15, 0.2) is 28.8 Å². The number of aromatic nitrogens is 1. The van der Waals surface area contributed by atoms with Crippen molar-refractivity contribution < 1.29 is 14.1 Å². The zero-order chi connectivity index (χ0) is 16.2. The summed E-state index contributed by atoms with van der Waals surface area (Å²) in [7, 11) is 0. The molecule has 5 nitrogen and oxygen atoms in total. The number of hydrogen-bond donors (Lipinski definition) is 0. The highest BCUT2D eigenvalue weighted by atomic mass is 16.5. The van der Waals surface area contributed by atoms with Crippen LogP contribution in [0, 0.1) is 6.92 Å². The van der Waals surface area contributed by atoms with Gasteiger partial charge in [-0.25, -0.2) is 0 Å². The lowest BCUT2D eigenvalue weighted by Gasteiger charge is -2.25. The van der Waals surface area contributed by atoms with E-state index in [2.05, 4.69) is 12.1 Å². The van der Waals surface area contributed by atoms with E-state index >= 15 is 0 Å². The van der Waals surface area contributed by atoms with Crippen LogP contribution in [-0.2, 0) is 24.2 Å². The first kappa shape index (κ1) is 15.6. The summed E-state index contributed by atoms with van der Waals surface area (Å²) in [5, 5.41) is 3.96. The number of carbonyl (C=O) groups is 1. The Labute approximate surface area is 136 Å². The van der Waals surface area contributed by atoms with Gasteiger partial charge in [-0.15, -0.1) is 0 Å². The van der Waals surface area contributed by atoms with Crippen LogP contribution in [0.2, 0.25) is 0 Å². The number of carbonyl (C=O) groups excluding carboxylic acids is 1. The average Bonchev–Trinajstić information content (AvgIpc) is 2.95. The van der Waals surface area contributed by atoms with Gasteiger partial charge in [-0.05, 0) is 37.5 Å². The molecule has 0 radical (unpaired) electrons. The average molecular weight is 314 g/mol. The topological polar surface area (TPSA) is 55.6 Å². The molecule has 122 valence electrons. The third-order valence-corrected chi connectivity index (χ3v) is 4.21. The highest BCUT2D eigenvalue weighted by Crippen LogP contribution is 2.22. The Morgan fingerprint density at radius 1 is 1.35 bits per heavy atom. The van der Waals surface area contributed by atoms with Crippen molar-refractivity contribution in [3.8, 4) is 5.75 Å². The Bertz CT molecular complexity index is 676. The summed E-state index contributed by atoms with van der Waals surface area (Å²) >= 11 is 0. The molecule has 1 aliphatic heterocycles. The van der Waals surface area contributed by atoms with Gasteiger partial charge in [0, 0.05) is 12.1 Å². The summed E-state index contributed by atoms with van der Waals surface area (Å²) in [4.78, 5) is 14.1. The molecule has 2 aromatic rings. The number of hydrogen-bond acceptors (Lipinski definition) is 4. The Morgan fingerprint density at radius 3 is 2.87 bits per heavy atom. The second kappa shape index (κ2) is 6.86. The lowest BCUT2D eigenvalue weighted by Crippen LogP contribution is -2.38. The molecule has 0 unspecified atom stereocenters. The highest BCUT2D eigenvalue weighted by molar-refractivity contribution is 5.78. The van der Waals surface area contributed by atoms with E-state index in [9.17, 15) is 4.79 Å². The zero-order valence-corrected chi connectivity index (χ0v) is 13.7. The van der Waals surface area contributed by atoms with Gasteiger partial charge in [0.05, 0.1) is 12.2 Å². The van der Waals surface area contributed by atoms with Gasteiger partial charge >= 0.3 is 0 Å². The minimum atomic E-state index is -0.0256. The molecular weight excluding hydrogens is 292 g/mol. The van der Waals surface area contributed by atoms with Crippen LogP contribution in [0.25, 0.3) is 0 Å². The number of nitrogens with zero attached hydrogens (tertiary/aromatic N) is 2. The summed E-state index contributed by atoms with van der Waals surface area (Å²) in [6, 6.07) is 7.94. The fourth-order valence-electron chi connectivity index (χ4n) is 2.87. The van der Waals surface area contributed by atoms with E-state index < -0.39 is 0 Å². The largest absolute Gasteiger partial charge is 0.484 e. The van der Waals surface area contributed by atoms with Crippen molar-refractivity contribution in [2.24, 2.45) is 0 Å². The lowest BCUT2D eigenvalue weighted by molar-refractivity contribution is -0.134. The van der Waals surface area contributed by atoms with Crippen LogP contribution in [0.3, 0.4) is 0 Å². The molecule has 0 fully saturated rings. The minimum Gasteiger partial charge on any atom is -0.484 e. The predicted octanol–water partition coefficient (Wildman–Crippen LogP) is 2.90. The zero-order valence-electron chi connectivity index (χ0n) is 13.7. The maximum atomic E-state index is 12.3. The van der Waals surface area contributed by atoms with Crippen molar-refractivity contribution >= 4 is 5.91 Å². The van der Waals surface area contributed by atoms with Crippen LogP contribution in [-0.4, -0.2) is 29.1 Å². The minimum absolute atomic E-state index is 0.0256. The number of benzene rings is 1. The first-order valence-electron chi connectivity index (χ1n) is 8.11. The van der Waals surface area contributed by atoms with E-state index in [-0.39, 0.29) is 12.5 Å². The van der Waals surface area contributed by atoms with Gasteiger partial charge in [0.2, 0.25) is 0 Å². The van der Waals surface area contributed by atoms with Crippen molar-refractivity contribution in [2.75, 3.05) is 13.2 Å². The van der Waals surface area contributed by atoms with Gasteiger partial charge in [0.25, 0.3) is 5.91 Å². The molecule has 1 aromatic heterocycles. The Kier molecular flexibility index (Phi) is 4.65. The molecule has 3 rings (SSSR count). The van der Waals surface area contributed by atoms with E-state index in [1.54, 1.807) is 4.90 Å². The van der Waals surface area contributed by atoms with E-state index in [0.29, 0.717) is 13.1 Å². The molecule has 0 spiro atoms. The summed E-state index contributed by atoms with van der Waals surface area (Å²) in [5.41, 5.74) is 3.35. The molecule has 0 atom stereocenters. The summed E-state index contributed by atoms with van der Waals surface area (Å²) in [6.07, 6.45) is 2.98. The molecule has 2 heterocycles. The van der Waals surface area contributed by atoms with E-state index in [0.717, 1.165) is 42.0 Å². The van der Waals surface area contributed by atoms with Crippen LogP contribution < -0.4 is 4.74 Å². The second-order valence-electron chi connectivity index (χ2n) is 5.92. The molecule has 0 N–H and O–H groups in total. The SMILES string of the molecule is CCCc1ccc(OCC(=O)N2CCc3c(C)noc3C2)cc1. The fraction of sp³-hybridized carbons (Fsp3) is 0.444. The van der Waals surface area contributed by atoms with E-state index in [1.165, 1.54) is 5.56 Å². The van der Waals surface area contributed by atoms with Gasteiger partial charge < -0.3 is 14.2 Å². The molecule has 0 aliphatic carbocycles. The first-order chi connectivity index (χ1) is 11.2. The van der Waals surface area contributed by atoms with Crippen molar-refractivity contribution in [2.45, 2.75) is 39.7 Å². The van der Waals surface area contributed by atoms with Crippen molar-refractivity contribution in [1.82, 2.24) is 10.1 Å². The van der Waals surface area contributed by atoms with Crippen LogP contribution >= 0.6 is 0 Å². The van der Waals surface area contributed by atoms with Crippen molar-refractivity contribution in [3.63, 3.8) is 0 Å². The maximum absolute atomic E-state index is 12.3. The van der Waals surface area contributed by atoms with Crippen LogP contribution in [0.5, 0.6) is 5.75 Å². The van der Waals surface area contributed by atoms with Crippen molar-refractivity contribution in [1.29, 1.82) is 0 Å². The number of aryl methyl sites for hydroxylation is 2. The summed E-state index contributed by atoms with van der Waals surface area (Å²) < 4.78 is 10.9. The Hall–Kier alpha value is -2.30. The summed E-state index contributed by atoms with van der Waals surface area (Å²) in [5.74, 6) is 1.50. The molecule has 1 aliphatic rings. The molecule has 1 amide bonds. The standard InChI is InChI=1S/C18H22N2O3/c1-3-4-14-5-7-15(8-6-14)22-12-18(21)20-10-9-16-13(2)19-23-17(16)11-20/h5-8H,3-4,9-12H2,1-2H3. The second-order valence-corrected chi connectivity index (χ2v) is 5.92. The Balaban J connectivity index is 1.53. The third kappa shape index (κ3) is 3.55. The maximum Gasteiger partial charge on any atom is 0.260 e. The van der Waals surface area contributed by atoms with E-state index in [1.807, 2.05) is 31.2 Å². The monoisotopic (exact) mass is 314 g/mol. The molecule has 0 saturated heterocycles. The number of rotatable bonds is 5. The Morgan fingerprint density at radius 2 is 2.13 bits per heavy atom. The molecule has 0 bridgehead atoms. The smallest absolute Gasteiger partial charge is 0.260 e. The van der Waals surface area contributed by atoms with Gasteiger partial charge in [-0.1, -0.05) is 30.6 Å². The quantitative estimate of drug-likeness (QED) is 0.851.